The number of hydrogen-bond donors (Lipinski definition) is 0. The zero-order valence-electron chi connectivity index (χ0n) is 8.59. The average Bonchev–Trinajstić information content (AvgIpc) is 1.95. The van der Waals surface area contributed by atoms with Crippen molar-refractivity contribution in [2.75, 3.05) is 0 Å². The van der Waals surface area contributed by atoms with E-state index in [-0.39, 0.29) is 5.41 Å². The molecular formula is C11H19N. The molecular weight excluding hydrogens is 146 g/mol. The predicted octanol–water partition coefficient (Wildman–Crippen LogP) is 3.58. The molecule has 0 saturated heterocycles. The Morgan fingerprint density at radius 3 is 2.33 bits per heavy atom. The molecule has 68 valence electrons. The molecule has 0 saturated carbocycles. The van der Waals surface area contributed by atoms with E-state index in [9.17, 15) is 0 Å². The second kappa shape index (κ2) is 4.91. The molecule has 0 bridgehead atoms. The molecule has 0 heterocycles. The summed E-state index contributed by atoms with van der Waals surface area (Å²) in [7, 11) is 0. The molecule has 0 amide bonds. The first-order valence-electron chi connectivity index (χ1n) is 4.33. The van der Waals surface area contributed by atoms with Gasteiger partial charge >= 0.3 is 0 Å². The van der Waals surface area contributed by atoms with Crippen molar-refractivity contribution >= 4 is 6.72 Å². The van der Waals surface area contributed by atoms with Crippen molar-refractivity contribution in [1.29, 1.82) is 0 Å². The minimum Gasteiger partial charge on any atom is -0.273 e. The summed E-state index contributed by atoms with van der Waals surface area (Å²) in [6.45, 7) is 12.1. The highest BCUT2D eigenvalue weighted by Crippen LogP contribution is 2.19. The summed E-state index contributed by atoms with van der Waals surface area (Å²) in [5.41, 5.74) is 1.56. The van der Waals surface area contributed by atoms with Crippen LogP contribution in [0.25, 0.3) is 0 Å². The molecule has 0 unspecified atom stereocenters. The van der Waals surface area contributed by atoms with Gasteiger partial charge in [0.1, 0.15) is 0 Å². The number of hydrogen-bond acceptors (Lipinski definition) is 1. The van der Waals surface area contributed by atoms with Gasteiger partial charge in [0.15, 0.2) is 0 Å². The fourth-order valence-electron chi connectivity index (χ4n) is 0.973. The topological polar surface area (TPSA) is 12.4 Å². The molecule has 0 fully saturated rings. The number of aliphatic imine (C=N–C) groups is 1. The SMILES string of the molecule is C=N/C=C\C(=C\C(C)(C)C)CC. The fraction of sp³-hybridized carbons (Fsp3) is 0.545. The molecule has 0 aliphatic rings. The van der Waals surface area contributed by atoms with Crippen LogP contribution in [-0.4, -0.2) is 6.72 Å². The van der Waals surface area contributed by atoms with E-state index in [0.29, 0.717) is 0 Å². The quantitative estimate of drug-likeness (QED) is 0.447. The lowest BCUT2D eigenvalue weighted by atomic mass is 9.93. The molecule has 0 aliphatic carbocycles. The van der Waals surface area contributed by atoms with Crippen LogP contribution < -0.4 is 0 Å². The molecule has 0 aliphatic heterocycles. The van der Waals surface area contributed by atoms with E-state index in [4.69, 9.17) is 0 Å². The molecule has 0 aromatic carbocycles. The van der Waals surface area contributed by atoms with E-state index >= 15 is 0 Å². The van der Waals surface area contributed by atoms with Gasteiger partial charge in [-0.05, 0) is 24.6 Å². The highest BCUT2D eigenvalue weighted by atomic mass is 14.6. The van der Waals surface area contributed by atoms with Crippen LogP contribution in [0.2, 0.25) is 0 Å². The summed E-state index contributed by atoms with van der Waals surface area (Å²) < 4.78 is 0. The zero-order valence-corrected chi connectivity index (χ0v) is 8.59. The third-order valence-electron chi connectivity index (χ3n) is 1.42. The molecule has 0 aromatic rings. The normalized spacial score (nSPS) is 13.8. The number of rotatable bonds is 3. The molecule has 0 rings (SSSR count). The summed E-state index contributed by atoms with van der Waals surface area (Å²) in [4.78, 5) is 3.68. The third kappa shape index (κ3) is 5.90. The van der Waals surface area contributed by atoms with Gasteiger partial charge in [0.2, 0.25) is 0 Å². The number of allylic oxidation sites excluding steroid dienone is 3. The Kier molecular flexibility index (Phi) is 4.57. The Bertz CT molecular complexity index is 192. The van der Waals surface area contributed by atoms with Gasteiger partial charge in [-0.1, -0.05) is 39.3 Å². The second-order valence-electron chi connectivity index (χ2n) is 3.94. The van der Waals surface area contributed by atoms with Crippen LogP contribution in [0.3, 0.4) is 0 Å². The first kappa shape index (κ1) is 11.2. The predicted molar refractivity (Wildman–Crippen MR) is 56.5 cm³/mol. The molecule has 1 heteroatoms. The molecule has 0 spiro atoms. The van der Waals surface area contributed by atoms with Crippen LogP contribution in [0.5, 0.6) is 0 Å². The Labute approximate surface area is 75.9 Å². The van der Waals surface area contributed by atoms with Gasteiger partial charge in [-0.3, -0.25) is 4.99 Å². The van der Waals surface area contributed by atoms with Crippen molar-refractivity contribution in [3.05, 3.63) is 23.9 Å². The van der Waals surface area contributed by atoms with Gasteiger partial charge in [0, 0.05) is 6.20 Å². The molecule has 0 aromatic heterocycles. The standard InChI is InChI=1S/C11H19N/c1-6-10(7-8-12-5)9-11(2,3)4/h7-9H,5-6H2,1-4H3/b8-7-,10-9+. The first-order valence-corrected chi connectivity index (χ1v) is 4.33. The van der Waals surface area contributed by atoms with E-state index in [1.165, 1.54) is 5.57 Å². The van der Waals surface area contributed by atoms with Crippen LogP contribution >= 0.6 is 0 Å². The van der Waals surface area contributed by atoms with Crippen molar-refractivity contribution in [3.63, 3.8) is 0 Å². The fourth-order valence-corrected chi connectivity index (χ4v) is 0.973. The molecule has 1 nitrogen and oxygen atoms in total. The van der Waals surface area contributed by atoms with Gasteiger partial charge in [0.05, 0.1) is 0 Å². The molecule has 0 atom stereocenters. The third-order valence-corrected chi connectivity index (χ3v) is 1.42. The van der Waals surface area contributed by atoms with E-state index in [1.54, 1.807) is 6.20 Å². The highest BCUT2D eigenvalue weighted by Gasteiger charge is 2.05. The maximum Gasteiger partial charge on any atom is 0.0263 e. The van der Waals surface area contributed by atoms with Crippen LogP contribution in [0, 0.1) is 5.41 Å². The molecule has 12 heavy (non-hydrogen) atoms. The van der Waals surface area contributed by atoms with E-state index in [0.717, 1.165) is 6.42 Å². The van der Waals surface area contributed by atoms with Crippen LogP contribution in [0.1, 0.15) is 34.1 Å². The lowest BCUT2D eigenvalue weighted by Gasteiger charge is -2.13. The zero-order chi connectivity index (χ0) is 9.61. The largest absolute Gasteiger partial charge is 0.273 e. The summed E-state index contributed by atoms with van der Waals surface area (Å²) in [5.74, 6) is 0. The second-order valence-corrected chi connectivity index (χ2v) is 3.94. The molecule has 0 radical (unpaired) electrons. The maximum atomic E-state index is 3.68. The van der Waals surface area contributed by atoms with Crippen LogP contribution in [0.4, 0.5) is 0 Å². The van der Waals surface area contributed by atoms with Gasteiger partial charge < -0.3 is 0 Å². The van der Waals surface area contributed by atoms with E-state index < -0.39 is 0 Å². The van der Waals surface area contributed by atoms with Crippen molar-refractivity contribution in [2.45, 2.75) is 34.1 Å². The first-order chi connectivity index (χ1) is 5.49. The average molecular weight is 165 g/mol. The Hall–Kier alpha value is -0.850. The van der Waals surface area contributed by atoms with Gasteiger partial charge in [-0.25, -0.2) is 0 Å². The molecule has 0 N–H and O–H groups in total. The van der Waals surface area contributed by atoms with Gasteiger partial charge in [-0.2, -0.15) is 0 Å². The smallest absolute Gasteiger partial charge is 0.0263 e. The Morgan fingerprint density at radius 2 is 2.00 bits per heavy atom. The summed E-state index contributed by atoms with van der Waals surface area (Å²) >= 11 is 0. The van der Waals surface area contributed by atoms with E-state index in [1.807, 2.05) is 6.08 Å². The van der Waals surface area contributed by atoms with Crippen LogP contribution in [-0.2, 0) is 0 Å². The number of nitrogens with zero attached hydrogens (tertiary/aromatic N) is 1. The van der Waals surface area contributed by atoms with Crippen LogP contribution in [0.15, 0.2) is 28.9 Å². The van der Waals surface area contributed by atoms with Crippen molar-refractivity contribution in [3.8, 4) is 0 Å². The minimum absolute atomic E-state index is 0.247. The monoisotopic (exact) mass is 165 g/mol. The van der Waals surface area contributed by atoms with Gasteiger partial charge in [0.25, 0.3) is 0 Å². The van der Waals surface area contributed by atoms with Crippen molar-refractivity contribution in [2.24, 2.45) is 10.4 Å². The van der Waals surface area contributed by atoms with Crippen molar-refractivity contribution < 1.29 is 0 Å². The summed E-state index contributed by atoms with van der Waals surface area (Å²) in [6, 6.07) is 0. The maximum absolute atomic E-state index is 3.68. The highest BCUT2D eigenvalue weighted by molar-refractivity contribution is 5.28. The minimum atomic E-state index is 0.247. The lowest BCUT2D eigenvalue weighted by Crippen LogP contribution is -2.00. The van der Waals surface area contributed by atoms with Crippen molar-refractivity contribution in [1.82, 2.24) is 0 Å². The Balaban J connectivity index is 4.43. The van der Waals surface area contributed by atoms with Gasteiger partial charge in [-0.15, -0.1) is 0 Å². The summed E-state index contributed by atoms with van der Waals surface area (Å²) in [6.07, 6.45) is 7.05. The van der Waals surface area contributed by atoms with E-state index in [2.05, 4.69) is 45.5 Å². The Morgan fingerprint density at radius 1 is 1.42 bits per heavy atom. The summed E-state index contributed by atoms with van der Waals surface area (Å²) in [5, 5.41) is 0. The lowest BCUT2D eigenvalue weighted by molar-refractivity contribution is 0.539.